The lowest BCUT2D eigenvalue weighted by Gasteiger charge is -2.08. The number of hydrogen-bond acceptors (Lipinski definition) is 6. The van der Waals surface area contributed by atoms with Gasteiger partial charge >= 0.3 is 5.97 Å². The molecule has 0 aliphatic carbocycles. The van der Waals surface area contributed by atoms with Crippen LogP contribution in [0.25, 0.3) is 11.5 Å². The van der Waals surface area contributed by atoms with Gasteiger partial charge in [0.15, 0.2) is 11.6 Å². The lowest BCUT2D eigenvalue weighted by molar-refractivity contribution is -0.137. The lowest BCUT2D eigenvalue weighted by atomic mass is 10.0. The van der Waals surface area contributed by atoms with E-state index in [4.69, 9.17) is 14.4 Å². The molecule has 8 nitrogen and oxygen atoms in total. The Morgan fingerprint density at radius 1 is 1.03 bits per heavy atom. The van der Waals surface area contributed by atoms with Crippen LogP contribution in [0.15, 0.2) is 41.2 Å². The second kappa shape index (κ2) is 13.5. The molecular formula is C27H35N3O5. The van der Waals surface area contributed by atoms with Gasteiger partial charge < -0.3 is 18.9 Å². The highest BCUT2D eigenvalue weighted by atomic mass is 16.5. The summed E-state index contributed by atoms with van der Waals surface area (Å²) < 4.78 is 12.6. The van der Waals surface area contributed by atoms with Gasteiger partial charge in [-0.2, -0.15) is 4.98 Å². The van der Waals surface area contributed by atoms with Crippen LogP contribution in [0.2, 0.25) is 0 Å². The number of Topliss-reactive ketones (excluding diaryl/α,β-unsaturated/α-hetero) is 1. The van der Waals surface area contributed by atoms with Crippen LogP contribution in [0, 0.1) is 6.92 Å². The molecule has 0 aliphatic heterocycles. The number of aryl methyl sites for hydroxylation is 3. The van der Waals surface area contributed by atoms with E-state index < -0.39 is 5.97 Å². The van der Waals surface area contributed by atoms with Gasteiger partial charge in [0.25, 0.3) is 5.89 Å². The minimum absolute atomic E-state index is 0.0317. The van der Waals surface area contributed by atoms with Gasteiger partial charge in [0.1, 0.15) is 12.4 Å². The number of aliphatic carboxylic acids is 1. The molecule has 35 heavy (non-hydrogen) atoms. The minimum Gasteiger partial charge on any atom is -0.486 e. The number of benzene rings is 1. The third-order valence-electron chi connectivity index (χ3n) is 5.83. The van der Waals surface area contributed by atoms with Crippen molar-refractivity contribution in [2.75, 3.05) is 6.61 Å². The fourth-order valence-corrected chi connectivity index (χ4v) is 3.96. The summed E-state index contributed by atoms with van der Waals surface area (Å²) in [4.78, 5) is 27.8. The fraction of sp³-hybridized carbons (Fsp3) is 0.481. The van der Waals surface area contributed by atoms with Crippen molar-refractivity contribution in [1.82, 2.24) is 14.7 Å². The van der Waals surface area contributed by atoms with Gasteiger partial charge in [0.05, 0.1) is 12.1 Å². The number of ether oxygens (including phenoxy) is 1. The van der Waals surface area contributed by atoms with E-state index in [2.05, 4.69) is 29.2 Å². The predicted molar refractivity (Wildman–Crippen MR) is 132 cm³/mol. The first-order valence-corrected chi connectivity index (χ1v) is 12.4. The molecule has 0 saturated carbocycles. The summed E-state index contributed by atoms with van der Waals surface area (Å²) in [7, 11) is 0. The van der Waals surface area contributed by atoms with E-state index in [1.165, 1.54) is 44.1 Å². The Kier molecular flexibility index (Phi) is 10.1. The van der Waals surface area contributed by atoms with Crippen molar-refractivity contribution < 1.29 is 24.0 Å². The predicted octanol–water partition coefficient (Wildman–Crippen LogP) is 5.41. The van der Waals surface area contributed by atoms with Gasteiger partial charge in [-0.25, -0.2) is 0 Å². The maximum atomic E-state index is 12.5. The van der Waals surface area contributed by atoms with Crippen LogP contribution in [0.4, 0.5) is 0 Å². The Hall–Kier alpha value is -3.42. The zero-order chi connectivity index (χ0) is 25.0. The molecule has 0 saturated heterocycles. The highest BCUT2D eigenvalue weighted by Gasteiger charge is 2.17. The average molecular weight is 482 g/mol. The van der Waals surface area contributed by atoms with E-state index >= 15 is 0 Å². The summed E-state index contributed by atoms with van der Waals surface area (Å²) in [6, 6.07) is 7.95. The van der Waals surface area contributed by atoms with Crippen LogP contribution < -0.4 is 4.74 Å². The van der Waals surface area contributed by atoms with Gasteiger partial charge in [-0.1, -0.05) is 56.3 Å². The SMILES string of the molecule is CCCCCCCCc1ccc(OCC(=O)Cn2cc(CCC(=O)O)c(-c3nc(C)no3)c2)cc1. The van der Waals surface area contributed by atoms with Crippen molar-refractivity contribution in [1.29, 1.82) is 0 Å². The van der Waals surface area contributed by atoms with E-state index in [0.29, 0.717) is 29.4 Å². The summed E-state index contributed by atoms with van der Waals surface area (Å²) in [5.41, 5.74) is 2.66. The number of rotatable bonds is 16. The number of carboxylic acids is 1. The normalized spacial score (nSPS) is 11.0. The fourth-order valence-electron chi connectivity index (χ4n) is 3.96. The highest BCUT2D eigenvalue weighted by Crippen LogP contribution is 2.25. The number of carbonyl (C=O) groups excluding carboxylic acids is 1. The molecule has 1 N–H and O–H groups in total. The first-order valence-electron chi connectivity index (χ1n) is 12.4. The molecule has 2 aromatic heterocycles. The van der Waals surface area contributed by atoms with E-state index in [-0.39, 0.29) is 25.4 Å². The van der Waals surface area contributed by atoms with Crippen LogP contribution in [-0.4, -0.2) is 38.2 Å². The molecule has 0 bridgehead atoms. The van der Waals surface area contributed by atoms with E-state index in [0.717, 1.165) is 12.0 Å². The molecule has 0 aliphatic rings. The molecule has 1 aromatic carbocycles. The zero-order valence-electron chi connectivity index (χ0n) is 20.7. The Balaban J connectivity index is 1.49. The van der Waals surface area contributed by atoms with Gasteiger partial charge in [0.2, 0.25) is 0 Å². The molecule has 0 radical (unpaired) electrons. The van der Waals surface area contributed by atoms with Crippen LogP contribution in [-0.2, 0) is 29.0 Å². The van der Waals surface area contributed by atoms with Crippen molar-refractivity contribution in [3.63, 3.8) is 0 Å². The van der Waals surface area contributed by atoms with Gasteiger partial charge in [-0.3, -0.25) is 9.59 Å². The summed E-state index contributed by atoms with van der Waals surface area (Å²) in [6.45, 7) is 3.99. The molecular weight excluding hydrogens is 446 g/mol. The standard InChI is InChI=1S/C27H35N3O5/c1-3-4-5-6-7-8-9-21-10-13-24(14-11-21)34-19-23(31)17-30-16-22(12-15-26(32)33)25(18-30)27-28-20(2)29-35-27/h10-11,13-14,16,18H,3-9,12,15,17,19H2,1-2H3,(H,32,33). The maximum Gasteiger partial charge on any atom is 0.303 e. The third kappa shape index (κ3) is 8.70. The number of nitrogens with zero attached hydrogens (tertiary/aromatic N) is 3. The minimum atomic E-state index is -0.895. The van der Waals surface area contributed by atoms with Crippen LogP contribution in [0.3, 0.4) is 0 Å². The van der Waals surface area contributed by atoms with Crippen molar-refractivity contribution in [3.8, 4) is 17.2 Å². The van der Waals surface area contributed by atoms with E-state index in [1.807, 2.05) is 12.1 Å². The summed E-state index contributed by atoms with van der Waals surface area (Å²) in [5.74, 6) is 0.467. The summed E-state index contributed by atoms with van der Waals surface area (Å²) in [5, 5.41) is 12.8. The first-order chi connectivity index (χ1) is 16.9. The number of hydrogen-bond donors (Lipinski definition) is 1. The lowest BCUT2D eigenvalue weighted by Crippen LogP contribution is -2.17. The summed E-state index contributed by atoms with van der Waals surface area (Å²) >= 11 is 0. The van der Waals surface area contributed by atoms with Crippen molar-refractivity contribution in [3.05, 3.63) is 53.6 Å². The summed E-state index contributed by atoms with van der Waals surface area (Å²) in [6.07, 6.45) is 12.5. The number of carbonyl (C=O) groups is 2. The van der Waals surface area contributed by atoms with Gasteiger partial charge in [0, 0.05) is 18.8 Å². The Morgan fingerprint density at radius 3 is 2.46 bits per heavy atom. The number of carboxylic acid groups (broad SMARTS) is 1. The number of aromatic nitrogens is 3. The van der Waals surface area contributed by atoms with Crippen LogP contribution in [0.5, 0.6) is 5.75 Å². The average Bonchev–Trinajstić information content (AvgIpc) is 3.45. The van der Waals surface area contributed by atoms with Crippen molar-refractivity contribution >= 4 is 11.8 Å². The smallest absolute Gasteiger partial charge is 0.303 e. The molecule has 188 valence electrons. The number of unbranched alkanes of at least 4 members (excludes halogenated alkanes) is 5. The molecule has 3 aromatic rings. The second-order valence-corrected chi connectivity index (χ2v) is 8.90. The van der Waals surface area contributed by atoms with Crippen LogP contribution >= 0.6 is 0 Å². The molecule has 0 fully saturated rings. The quantitative estimate of drug-likeness (QED) is 0.272. The molecule has 0 unspecified atom stereocenters. The van der Waals surface area contributed by atoms with Crippen LogP contribution in [0.1, 0.15) is 68.8 Å². The third-order valence-corrected chi connectivity index (χ3v) is 5.83. The first kappa shape index (κ1) is 26.2. The van der Waals surface area contributed by atoms with Gasteiger partial charge in [-0.15, -0.1) is 0 Å². The second-order valence-electron chi connectivity index (χ2n) is 8.90. The molecule has 3 rings (SSSR count). The van der Waals surface area contributed by atoms with E-state index in [9.17, 15) is 9.59 Å². The van der Waals surface area contributed by atoms with Gasteiger partial charge in [-0.05, 0) is 49.4 Å². The Labute approximate surface area is 206 Å². The zero-order valence-corrected chi connectivity index (χ0v) is 20.7. The molecule has 0 spiro atoms. The van der Waals surface area contributed by atoms with Crippen molar-refractivity contribution in [2.24, 2.45) is 0 Å². The van der Waals surface area contributed by atoms with Crippen molar-refractivity contribution in [2.45, 2.75) is 78.2 Å². The topological polar surface area (TPSA) is 107 Å². The highest BCUT2D eigenvalue weighted by molar-refractivity contribution is 5.80. The Morgan fingerprint density at radius 2 is 1.77 bits per heavy atom. The molecule has 0 amide bonds. The monoisotopic (exact) mass is 481 g/mol. The molecule has 2 heterocycles. The number of ketones is 1. The maximum absolute atomic E-state index is 12.5. The Bertz CT molecular complexity index is 1080. The molecule has 0 atom stereocenters. The molecule has 8 heteroatoms. The van der Waals surface area contributed by atoms with E-state index in [1.54, 1.807) is 23.9 Å². The largest absolute Gasteiger partial charge is 0.486 e.